The molecule has 0 bridgehead atoms. The van der Waals surface area contributed by atoms with Gasteiger partial charge in [-0.2, -0.15) is 0 Å². The standard InChI is InChI=1S/C15H23N5O2/c16-12-4-6-17-13(18-12)10-19-7-3-5-15(22,11-19)14(21)20-8-1-2-9-20/h4,6,22H,1-3,5,7-11H2,(H2,16,17,18). The van der Waals surface area contributed by atoms with Crippen molar-refractivity contribution < 1.29 is 9.90 Å². The number of nitrogens with two attached hydrogens (primary N) is 1. The van der Waals surface area contributed by atoms with Gasteiger partial charge in [0.15, 0.2) is 5.60 Å². The van der Waals surface area contributed by atoms with Crippen molar-refractivity contribution in [3.63, 3.8) is 0 Å². The lowest BCUT2D eigenvalue weighted by atomic mass is 9.91. The lowest BCUT2D eigenvalue weighted by Crippen LogP contribution is -2.57. The Labute approximate surface area is 130 Å². The second kappa shape index (κ2) is 6.18. The van der Waals surface area contributed by atoms with Gasteiger partial charge in [0.25, 0.3) is 5.91 Å². The Hall–Kier alpha value is -1.73. The summed E-state index contributed by atoms with van der Waals surface area (Å²) in [5.74, 6) is 0.937. The normalized spacial score (nSPS) is 26.3. The maximum absolute atomic E-state index is 12.6. The van der Waals surface area contributed by atoms with Crippen LogP contribution in [0.1, 0.15) is 31.5 Å². The minimum absolute atomic E-state index is 0.122. The fourth-order valence-corrected chi connectivity index (χ4v) is 3.34. The molecule has 0 saturated carbocycles. The Kier molecular flexibility index (Phi) is 4.26. The highest BCUT2D eigenvalue weighted by Crippen LogP contribution is 2.26. The molecular weight excluding hydrogens is 282 g/mol. The van der Waals surface area contributed by atoms with Crippen LogP contribution in [-0.2, 0) is 11.3 Å². The smallest absolute Gasteiger partial charge is 0.255 e. The first-order valence-electron chi connectivity index (χ1n) is 7.88. The zero-order valence-electron chi connectivity index (χ0n) is 12.7. The summed E-state index contributed by atoms with van der Waals surface area (Å²) < 4.78 is 0. The van der Waals surface area contributed by atoms with Gasteiger partial charge < -0.3 is 15.7 Å². The van der Waals surface area contributed by atoms with Crippen LogP contribution in [0.3, 0.4) is 0 Å². The molecule has 3 heterocycles. The monoisotopic (exact) mass is 305 g/mol. The van der Waals surface area contributed by atoms with E-state index in [0.717, 1.165) is 38.9 Å². The molecule has 2 aliphatic rings. The number of aromatic nitrogens is 2. The quantitative estimate of drug-likeness (QED) is 0.816. The van der Waals surface area contributed by atoms with Gasteiger partial charge in [-0.05, 0) is 38.3 Å². The number of aliphatic hydroxyl groups is 1. The number of hydrogen-bond acceptors (Lipinski definition) is 6. The van der Waals surface area contributed by atoms with Gasteiger partial charge in [0.05, 0.1) is 6.54 Å². The van der Waals surface area contributed by atoms with Crippen LogP contribution in [0.2, 0.25) is 0 Å². The van der Waals surface area contributed by atoms with Gasteiger partial charge in [-0.15, -0.1) is 0 Å². The number of β-amino-alcohol motifs (C(OH)–C–C–N with tert-alkyl or cyclic N) is 1. The first kappa shape index (κ1) is 15.2. The van der Waals surface area contributed by atoms with E-state index in [9.17, 15) is 9.90 Å². The predicted octanol–water partition coefficient (Wildman–Crippen LogP) is 0.00810. The van der Waals surface area contributed by atoms with Gasteiger partial charge in [-0.1, -0.05) is 0 Å². The van der Waals surface area contributed by atoms with Crippen LogP contribution in [-0.4, -0.2) is 62.6 Å². The Morgan fingerprint density at radius 3 is 2.82 bits per heavy atom. The summed E-state index contributed by atoms with van der Waals surface area (Å²) in [7, 11) is 0. The van der Waals surface area contributed by atoms with Crippen LogP contribution in [0.25, 0.3) is 0 Å². The Morgan fingerprint density at radius 2 is 2.09 bits per heavy atom. The second-order valence-electron chi connectivity index (χ2n) is 6.24. The number of likely N-dealkylation sites (tertiary alicyclic amines) is 2. The molecule has 2 saturated heterocycles. The minimum atomic E-state index is -1.27. The lowest BCUT2D eigenvalue weighted by molar-refractivity contribution is -0.156. The van der Waals surface area contributed by atoms with E-state index >= 15 is 0 Å². The Balaban J connectivity index is 1.66. The van der Waals surface area contributed by atoms with Crippen molar-refractivity contribution in [1.82, 2.24) is 19.8 Å². The Morgan fingerprint density at radius 1 is 1.32 bits per heavy atom. The number of nitrogens with zero attached hydrogens (tertiary/aromatic N) is 4. The van der Waals surface area contributed by atoms with Crippen molar-refractivity contribution in [3.8, 4) is 0 Å². The summed E-state index contributed by atoms with van der Waals surface area (Å²) in [4.78, 5) is 24.8. The third kappa shape index (κ3) is 3.20. The molecule has 0 radical (unpaired) electrons. The first-order chi connectivity index (χ1) is 10.6. The zero-order chi connectivity index (χ0) is 15.6. The van der Waals surface area contributed by atoms with Crippen LogP contribution in [0.5, 0.6) is 0 Å². The maximum atomic E-state index is 12.6. The number of amides is 1. The van der Waals surface area contributed by atoms with Crippen molar-refractivity contribution in [2.75, 3.05) is 31.9 Å². The summed E-state index contributed by atoms with van der Waals surface area (Å²) in [5.41, 5.74) is 4.39. The van der Waals surface area contributed by atoms with E-state index in [4.69, 9.17) is 5.73 Å². The van der Waals surface area contributed by atoms with Crippen LogP contribution >= 0.6 is 0 Å². The molecule has 7 nitrogen and oxygen atoms in total. The number of piperidine rings is 1. The van der Waals surface area contributed by atoms with Crippen LogP contribution in [0.15, 0.2) is 12.3 Å². The third-order valence-electron chi connectivity index (χ3n) is 4.43. The summed E-state index contributed by atoms with van der Waals surface area (Å²) in [6.07, 6.45) is 5.00. The van der Waals surface area contributed by atoms with Gasteiger partial charge >= 0.3 is 0 Å². The molecule has 3 N–H and O–H groups in total. The SMILES string of the molecule is Nc1ccnc(CN2CCCC(O)(C(=O)N3CCCC3)C2)n1. The molecule has 120 valence electrons. The number of carbonyl (C=O) groups is 1. The number of nitrogen functional groups attached to an aromatic ring is 1. The van der Waals surface area contributed by atoms with Crippen molar-refractivity contribution in [2.45, 2.75) is 37.8 Å². The largest absolute Gasteiger partial charge is 0.384 e. The first-order valence-corrected chi connectivity index (χ1v) is 7.88. The molecule has 0 spiro atoms. The number of rotatable bonds is 3. The highest BCUT2D eigenvalue weighted by molar-refractivity contribution is 5.85. The average molecular weight is 305 g/mol. The molecule has 0 aromatic carbocycles. The van der Waals surface area contributed by atoms with E-state index in [1.165, 1.54) is 0 Å². The molecule has 1 unspecified atom stereocenters. The lowest BCUT2D eigenvalue weighted by Gasteiger charge is -2.39. The van der Waals surface area contributed by atoms with Crippen LogP contribution in [0, 0.1) is 0 Å². The molecular formula is C15H23N5O2. The van der Waals surface area contributed by atoms with Crippen molar-refractivity contribution in [1.29, 1.82) is 0 Å². The van der Waals surface area contributed by atoms with E-state index in [0.29, 0.717) is 31.2 Å². The predicted molar refractivity (Wildman–Crippen MR) is 81.7 cm³/mol. The molecule has 22 heavy (non-hydrogen) atoms. The summed E-state index contributed by atoms with van der Waals surface area (Å²) in [6.45, 7) is 3.19. The topological polar surface area (TPSA) is 95.6 Å². The minimum Gasteiger partial charge on any atom is -0.384 e. The highest BCUT2D eigenvalue weighted by Gasteiger charge is 2.43. The molecule has 2 fully saturated rings. The number of anilines is 1. The Bertz CT molecular complexity index is 546. The summed E-state index contributed by atoms with van der Waals surface area (Å²) in [5, 5.41) is 10.8. The number of carbonyl (C=O) groups excluding carboxylic acids is 1. The van der Waals surface area contributed by atoms with Crippen molar-refractivity contribution >= 4 is 11.7 Å². The molecule has 1 amide bonds. The van der Waals surface area contributed by atoms with Crippen molar-refractivity contribution in [2.24, 2.45) is 0 Å². The fraction of sp³-hybridized carbons (Fsp3) is 0.667. The third-order valence-corrected chi connectivity index (χ3v) is 4.43. The molecule has 3 rings (SSSR count). The van der Waals surface area contributed by atoms with Crippen LogP contribution < -0.4 is 5.73 Å². The van der Waals surface area contributed by atoms with Gasteiger partial charge in [-0.3, -0.25) is 9.69 Å². The van der Waals surface area contributed by atoms with Gasteiger partial charge in [0, 0.05) is 25.8 Å². The summed E-state index contributed by atoms with van der Waals surface area (Å²) in [6, 6.07) is 1.65. The summed E-state index contributed by atoms with van der Waals surface area (Å²) >= 11 is 0. The molecule has 7 heteroatoms. The van der Waals surface area contributed by atoms with E-state index in [1.807, 2.05) is 4.90 Å². The molecule has 1 aromatic rings. The second-order valence-corrected chi connectivity index (χ2v) is 6.24. The molecule has 0 aliphatic carbocycles. The maximum Gasteiger partial charge on any atom is 0.255 e. The average Bonchev–Trinajstić information content (AvgIpc) is 3.00. The van der Waals surface area contributed by atoms with Crippen LogP contribution in [0.4, 0.5) is 5.82 Å². The van der Waals surface area contributed by atoms with Gasteiger partial charge in [0.2, 0.25) is 0 Å². The van der Waals surface area contributed by atoms with E-state index in [1.54, 1.807) is 17.2 Å². The van der Waals surface area contributed by atoms with E-state index < -0.39 is 5.60 Å². The van der Waals surface area contributed by atoms with E-state index in [2.05, 4.69) is 9.97 Å². The van der Waals surface area contributed by atoms with Gasteiger partial charge in [-0.25, -0.2) is 9.97 Å². The fourth-order valence-electron chi connectivity index (χ4n) is 3.34. The highest BCUT2D eigenvalue weighted by atomic mass is 16.3. The molecule has 2 aliphatic heterocycles. The van der Waals surface area contributed by atoms with E-state index in [-0.39, 0.29) is 5.91 Å². The number of hydrogen-bond donors (Lipinski definition) is 2. The zero-order valence-corrected chi connectivity index (χ0v) is 12.7. The molecule has 1 aromatic heterocycles. The van der Waals surface area contributed by atoms with Gasteiger partial charge in [0.1, 0.15) is 11.6 Å². The van der Waals surface area contributed by atoms with Crippen molar-refractivity contribution in [3.05, 3.63) is 18.1 Å². The molecule has 1 atom stereocenters.